The van der Waals surface area contributed by atoms with Crippen molar-refractivity contribution in [3.63, 3.8) is 0 Å². The van der Waals surface area contributed by atoms with E-state index in [1.54, 1.807) is 0 Å². The first kappa shape index (κ1) is 12.5. The van der Waals surface area contributed by atoms with Gasteiger partial charge in [0.1, 0.15) is 0 Å². The van der Waals surface area contributed by atoms with Crippen LogP contribution in [0.4, 0.5) is 5.69 Å². The highest BCUT2D eigenvalue weighted by molar-refractivity contribution is 5.98. The molecule has 0 aromatic heterocycles. The van der Waals surface area contributed by atoms with E-state index in [4.69, 9.17) is 4.74 Å². The number of benzene rings is 2. The lowest BCUT2D eigenvalue weighted by atomic mass is 9.90. The van der Waals surface area contributed by atoms with Crippen molar-refractivity contribution in [2.24, 2.45) is 0 Å². The van der Waals surface area contributed by atoms with Crippen LogP contribution in [0.15, 0.2) is 36.4 Å². The molecule has 5 rings (SSSR count). The predicted molar refractivity (Wildman–Crippen MR) is 85.9 cm³/mol. The van der Waals surface area contributed by atoms with Gasteiger partial charge in [0, 0.05) is 28.5 Å². The molecule has 0 amide bonds. The number of nitriles is 1. The second kappa shape index (κ2) is 4.24. The number of nitrogens with zero attached hydrogens (tertiary/aromatic N) is 2. The third-order valence-electron chi connectivity index (χ3n) is 5.69. The van der Waals surface area contributed by atoms with E-state index in [0.29, 0.717) is 12.1 Å². The molecule has 3 nitrogen and oxygen atoms in total. The van der Waals surface area contributed by atoms with Gasteiger partial charge in [0.2, 0.25) is 0 Å². The minimum absolute atomic E-state index is 0.213. The maximum atomic E-state index is 9.35. The predicted octanol–water partition coefficient (Wildman–Crippen LogP) is 3.61. The third-order valence-corrected chi connectivity index (χ3v) is 5.69. The van der Waals surface area contributed by atoms with Crippen LogP contribution in [-0.2, 0) is 4.74 Å². The van der Waals surface area contributed by atoms with Gasteiger partial charge in [-0.25, -0.2) is 0 Å². The van der Waals surface area contributed by atoms with Crippen LogP contribution in [0.5, 0.6) is 0 Å². The number of epoxide rings is 1. The fraction of sp³-hybridized carbons (Fsp3) is 0.421. The highest BCUT2D eigenvalue weighted by Gasteiger charge is 2.56. The zero-order valence-electron chi connectivity index (χ0n) is 12.5. The molecule has 2 bridgehead atoms. The molecule has 110 valence electrons. The van der Waals surface area contributed by atoms with E-state index in [-0.39, 0.29) is 5.60 Å². The molecule has 0 radical (unpaired) electrons. The minimum Gasteiger partial charge on any atom is -0.369 e. The summed E-state index contributed by atoms with van der Waals surface area (Å²) in [6.45, 7) is 0.960. The van der Waals surface area contributed by atoms with E-state index in [1.165, 1.54) is 23.9 Å². The lowest BCUT2D eigenvalue weighted by Crippen LogP contribution is -2.46. The maximum absolute atomic E-state index is 9.35. The molecule has 2 atom stereocenters. The van der Waals surface area contributed by atoms with Gasteiger partial charge >= 0.3 is 0 Å². The van der Waals surface area contributed by atoms with Crippen LogP contribution in [-0.4, -0.2) is 24.3 Å². The fourth-order valence-corrected chi connectivity index (χ4v) is 4.64. The second-order valence-electron chi connectivity index (χ2n) is 6.96. The standard InChI is InChI=1S/C19H18N2O/c20-11-13-5-8-18(17-4-2-1-3-16(13)17)21-14-6-7-15(21)10-19(9-14)12-22-19/h1-5,8,14-15H,6-7,9-10,12H2. The average molecular weight is 290 g/mol. The second-order valence-corrected chi connectivity index (χ2v) is 6.96. The molecule has 3 aliphatic heterocycles. The summed E-state index contributed by atoms with van der Waals surface area (Å²) >= 11 is 0. The molecule has 2 aromatic carbocycles. The number of fused-ring (bicyclic) bond motifs is 3. The van der Waals surface area contributed by atoms with Crippen molar-refractivity contribution in [1.29, 1.82) is 5.26 Å². The van der Waals surface area contributed by atoms with Gasteiger partial charge in [0.15, 0.2) is 0 Å². The Labute approximate surface area is 130 Å². The summed E-state index contributed by atoms with van der Waals surface area (Å²) in [5.74, 6) is 0. The topological polar surface area (TPSA) is 39.6 Å². The molecule has 0 aliphatic carbocycles. The Morgan fingerprint density at radius 1 is 1.05 bits per heavy atom. The molecular formula is C19H18N2O. The summed E-state index contributed by atoms with van der Waals surface area (Å²) in [5, 5.41) is 11.6. The Morgan fingerprint density at radius 2 is 1.73 bits per heavy atom. The van der Waals surface area contributed by atoms with Gasteiger partial charge in [-0.3, -0.25) is 0 Å². The summed E-state index contributed by atoms with van der Waals surface area (Å²) in [7, 11) is 0. The first-order chi connectivity index (χ1) is 10.8. The number of ether oxygens (including phenoxy) is 1. The molecular weight excluding hydrogens is 272 g/mol. The average Bonchev–Trinajstić information content (AvgIpc) is 3.24. The number of hydrogen-bond acceptors (Lipinski definition) is 3. The Morgan fingerprint density at radius 3 is 2.36 bits per heavy atom. The molecule has 1 spiro atoms. The van der Waals surface area contributed by atoms with Crippen molar-refractivity contribution in [1.82, 2.24) is 0 Å². The quantitative estimate of drug-likeness (QED) is 0.753. The Hall–Kier alpha value is -2.05. The van der Waals surface area contributed by atoms with Crippen LogP contribution < -0.4 is 4.90 Å². The molecule has 3 saturated heterocycles. The number of rotatable bonds is 1. The van der Waals surface area contributed by atoms with E-state index in [0.717, 1.165) is 30.4 Å². The van der Waals surface area contributed by atoms with Gasteiger partial charge < -0.3 is 9.64 Å². The first-order valence-corrected chi connectivity index (χ1v) is 8.14. The lowest BCUT2D eigenvalue weighted by Gasteiger charge is -2.40. The fourth-order valence-electron chi connectivity index (χ4n) is 4.64. The Kier molecular flexibility index (Phi) is 2.41. The van der Waals surface area contributed by atoms with Crippen LogP contribution in [0.1, 0.15) is 31.2 Å². The van der Waals surface area contributed by atoms with Gasteiger partial charge in [-0.2, -0.15) is 5.26 Å². The van der Waals surface area contributed by atoms with Gasteiger partial charge in [-0.15, -0.1) is 0 Å². The van der Waals surface area contributed by atoms with Crippen LogP contribution in [0, 0.1) is 11.3 Å². The van der Waals surface area contributed by atoms with Crippen LogP contribution in [0.3, 0.4) is 0 Å². The van der Waals surface area contributed by atoms with E-state index in [1.807, 2.05) is 12.1 Å². The zero-order valence-corrected chi connectivity index (χ0v) is 12.5. The molecule has 3 fully saturated rings. The summed E-state index contributed by atoms with van der Waals surface area (Å²) in [6, 6.07) is 16.0. The maximum Gasteiger partial charge on any atom is 0.0998 e. The largest absolute Gasteiger partial charge is 0.369 e. The number of piperidine rings is 1. The van der Waals surface area contributed by atoms with Gasteiger partial charge in [0.25, 0.3) is 0 Å². The lowest BCUT2D eigenvalue weighted by molar-refractivity contribution is 0.229. The Balaban J connectivity index is 1.65. The van der Waals surface area contributed by atoms with Crippen LogP contribution >= 0.6 is 0 Å². The highest BCUT2D eigenvalue weighted by atomic mass is 16.6. The van der Waals surface area contributed by atoms with Gasteiger partial charge in [0.05, 0.1) is 23.8 Å². The van der Waals surface area contributed by atoms with Crippen molar-refractivity contribution < 1.29 is 4.74 Å². The molecule has 0 saturated carbocycles. The molecule has 3 heteroatoms. The van der Waals surface area contributed by atoms with E-state index < -0.39 is 0 Å². The summed E-state index contributed by atoms with van der Waals surface area (Å²) in [4.78, 5) is 2.62. The molecule has 0 N–H and O–H groups in total. The smallest absolute Gasteiger partial charge is 0.0998 e. The normalized spacial score (nSPS) is 32.4. The monoisotopic (exact) mass is 290 g/mol. The number of hydrogen-bond donors (Lipinski definition) is 0. The van der Waals surface area contributed by atoms with Gasteiger partial charge in [-0.05, 0) is 37.8 Å². The van der Waals surface area contributed by atoms with Crippen LogP contribution in [0.2, 0.25) is 0 Å². The van der Waals surface area contributed by atoms with Crippen molar-refractivity contribution in [2.75, 3.05) is 11.5 Å². The van der Waals surface area contributed by atoms with Crippen molar-refractivity contribution >= 4 is 16.5 Å². The minimum atomic E-state index is 0.213. The Bertz CT molecular complexity index is 787. The first-order valence-electron chi connectivity index (χ1n) is 8.14. The van der Waals surface area contributed by atoms with Crippen molar-refractivity contribution in [3.05, 3.63) is 42.0 Å². The van der Waals surface area contributed by atoms with Gasteiger partial charge in [-0.1, -0.05) is 24.3 Å². The van der Waals surface area contributed by atoms with E-state index in [9.17, 15) is 5.26 Å². The van der Waals surface area contributed by atoms with Crippen LogP contribution in [0.25, 0.3) is 10.8 Å². The van der Waals surface area contributed by atoms with Crippen molar-refractivity contribution in [3.8, 4) is 6.07 Å². The summed E-state index contributed by atoms with van der Waals surface area (Å²) in [5.41, 5.74) is 2.29. The molecule has 3 aliphatic rings. The number of anilines is 1. The van der Waals surface area contributed by atoms with Crippen molar-refractivity contribution in [2.45, 2.75) is 43.4 Å². The molecule has 3 heterocycles. The highest BCUT2D eigenvalue weighted by Crippen LogP contribution is 2.51. The van der Waals surface area contributed by atoms with E-state index in [2.05, 4.69) is 35.2 Å². The molecule has 22 heavy (non-hydrogen) atoms. The zero-order chi connectivity index (χ0) is 14.7. The summed E-state index contributed by atoms with van der Waals surface area (Å²) < 4.78 is 5.76. The molecule has 2 aromatic rings. The SMILES string of the molecule is N#Cc1ccc(N2C3CCC2CC2(CO2)C3)c2ccccc12. The van der Waals surface area contributed by atoms with E-state index >= 15 is 0 Å². The molecule has 2 unspecified atom stereocenters. The third kappa shape index (κ3) is 1.65. The summed E-state index contributed by atoms with van der Waals surface area (Å²) in [6.07, 6.45) is 4.86.